The first-order chi connectivity index (χ1) is 9.97. The third kappa shape index (κ3) is 5.75. The van der Waals surface area contributed by atoms with Gasteiger partial charge in [-0.1, -0.05) is 13.8 Å². The molecule has 0 bridgehead atoms. The normalized spacial score (nSPS) is 10.3. The second-order valence-corrected chi connectivity index (χ2v) is 5.83. The van der Waals surface area contributed by atoms with Gasteiger partial charge < -0.3 is 14.8 Å². The zero-order valence-corrected chi connectivity index (χ0v) is 14.0. The fourth-order valence-electron chi connectivity index (χ4n) is 1.64. The van der Waals surface area contributed by atoms with Crippen molar-refractivity contribution in [2.24, 2.45) is 5.92 Å². The van der Waals surface area contributed by atoms with Crippen molar-refractivity contribution in [1.29, 1.82) is 0 Å². The zero-order valence-electron chi connectivity index (χ0n) is 12.4. The summed E-state index contributed by atoms with van der Waals surface area (Å²) in [6.45, 7) is 4.72. The Morgan fingerprint density at radius 1 is 1.43 bits per heavy atom. The van der Waals surface area contributed by atoms with Gasteiger partial charge in [0.2, 0.25) is 0 Å². The minimum Gasteiger partial charge on any atom is -0.493 e. The molecule has 21 heavy (non-hydrogen) atoms. The molecule has 0 aliphatic rings. The predicted octanol–water partition coefficient (Wildman–Crippen LogP) is 2.81. The number of rotatable bonds is 8. The van der Waals surface area contributed by atoms with Crippen molar-refractivity contribution >= 4 is 28.1 Å². The Morgan fingerprint density at radius 2 is 2.14 bits per heavy atom. The summed E-state index contributed by atoms with van der Waals surface area (Å²) in [4.78, 5) is 22.5. The van der Waals surface area contributed by atoms with Crippen LogP contribution in [0.25, 0.3) is 0 Å². The Labute approximate surface area is 133 Å². The second kappa shape index (κ2) is 8.67. The topological polar surface area (TPSA) is 64.6 Å². The monoisotopic (exact) mass is 357 g/mol. The number of carbonyl (C=O) groups is 2. The molecule has 5 nitrogen and oxygen atoms in total. The number of methoxy groups -OCH3 is 1. The van der Waals surface area contributed by atoms with Crippen molar-refractivity contribution in [2.75, 3.05) is 20.3 Å². The molecule has 0 aliphatic carbocycles. The highest BCUT2D eigenvalue weighted by Gasteiger charge is 2.13. The van der Waals surface area contributed by atoms with Gasteiger partial charge in [0.1, 0.15) is 6.29 Å². The third-order valence-electron chi connectivity index (χ3n) is 2.78. The lowest BCUT2D eigenvalue weighted by molar-refractivity contribution is -0.123. The van der Waals surface area contributed by atoms with E-state index in [1.807, 2.05) is 0 Å². The summed E-state index contributed by atoms with van der Waals surface area (Å²) in [7, 11) is 1.48. The van der Waals surface area contributed by atoms with Crippen LogP contribution in [0.1, 0.15) is 30.6 Å². The van der Waals surface area contributed by atoms with E-state index in [0.29, 0.717) is 34.0 Å². The van der Waals surface area contributed by atoms with Crippen LogP contribution in [0.4, 0.5) is 0 Å². The van der Waals surface area contributed by atoms with E-state index in [9.17, 15) is 9.59 Å². The molecule has 0 heterocycles. The first-order valence-corrected chi connectivity index (χ1v) is 7.49. The van der Waals surface area contributed by atoms with Crippen molar-refractivity contribution in [2.45, 2.75) is 20.3 Å². The van der Waals surface area contributed by atoms with Gasteiger partial charge in [0.25, 0.3) is 5.91 Å². The highest BCUT2D eigenvalue weighted by molar-refractivity contribution is 9.10. The largest absolute Gasteiger partial charge is 0.493 e. The summed E-state index contributed by atoms with van der Waals surface area (Å²) >= 11 is 3.31. The number of hydrogen-bond donors (Lipinski definition) is 1. The summed E-state index contributed by atoms with van der Waals surface area (Å²) < 4.78 is 11.2. The maximum atomic E-state index is 11.7. The van der Waals surface area contributed by atoms with Crippen LogP contribution in [0.3, 0.4) is 0 Å². The molecule has 0 spiro atoms. The summed E-state index contributed by atoms with van der Waals surface area (Å²) in [5, 5.41) is 2.79. The van der Waals surface area contributed by atoms with Crippen molar-refractivity contribution in [3.63, 3.8) is 0 Å². The van der Waals surface area contributed by atoms with Gasteiger partial charge in [0.05, 0.1) is 11.6 Å². The average molecular weight is 358 g/mol. The van der Waals surface area contributed by atoms with Crippen LogP contribution in [0.5, 0.6) is 11.5 Å². The molecule has 0 unspecified atom stereocenters. The summed E-state index contributed by atoms with van der Waals surface area (Å²) in [6.07, 6.45) is 1.64. The molecule has 0 saturated heterocycles. The van der Waals surface area contributed by atoms with Crippen LogP contribution in [-0.2, 0) is 4.79 Å². The van der Waals surface area contributed by atoms with Gasteiger partial charge in [-0.3, -0.25) is 9.59 Å². The second-order valence-electron chi connectivity index (χ2n) is 4.97. The maximum Gasteiger partial charge on any atom is 0.257 e. The molecule has 1 aromatic carbocycles. The molecule has 116 valence electrons. The number of carbonyl (C=O) groups excluding carboxylic acids is 2. The van der Waals surface area contributed by atoms with Gasteiger partial charge in [-0.25, -0.2) is 0 Å². The van der Waals surface area contributed by atoms with Crippen LogP contribution in [0, 0.1) is 5.92 Å². The van der Waals surface area contributed by atoms with Crippen molar-refractivity contribution in [1.82, 2.24) is 5.32 Å². The first-order valence-electron chi connectivity index (χ1n) is 6.70. The fraction of sp³-hybridized carbons (Fsp3) is 0.467. The van der Waals surface area contributed by atoms with E-state index in [1.54, 1.807) is 12.1 Å². The lowest BCUT2D eigenvalue weighted by Crippen LogP contribution is -2.30. The number of hydrogen-bond acceptors (Lipinski definition) is 4. The van der Waals surface area contributed by atoms with E-state index in [0.717, 1.165) is 12.7 Å². The third-order valence-corrected chi connectivity index (χ3v) is 3.37. The minimum atomic E-state index is -0.191. The number of benzene rings is 1. The van der Waals surface area contributed by atoms with Gasteiger partial charge in [0.15, 0.2) is 18.1 Å². The number of nitrogens with one attached hydrogen (secondary N) is 1. The summed E-state index contributed by atoms with van der Waals surface area (Å²) in [5.41, 5.74) is 0.465. The lowest BCUT2D eigenvalue weighted by Gasteiger charge is -2.13. The molecular weight excluding hydrogens is 338 g/mol. The van der Waals surface area contributed by atoms with E-state index >= 15 is 0 Å². The number of amides is 1. The summed E-state index contributed by atoms with van der Waals surface area (Å²) in [6, 6.07) is 3.17. The molecule has 0 radical (unpaired) electrons. The predicted molar refractivity (Wildman–Crippen MR) is 84.0 cm³/mol. The Bertz CT molecular complexity index is 503. The molecule has 0 saturated carbocycles. The standard InChI is InChI=1S/C15H20BrNO4/c1-10(2)4-5-17-14(19)9-21-15-12(16)6-11(8-18)7-13(15)20-3/h6-8,10H,4-5,9H2,1-3H3,(H,17,19). The quantitative estimate of drug-likeness (QED) is 0.726. The van der Waals surface area contributed by atoms with Gasteiger partial charge >= 0.3 is 0 Å². The SMILES string of the molecule is COc1cc(C=O)cc(Br)c1OCC(=O)NCCC(C)C. The van der Waals surface area contributed by atoms with Crippen molar-refractivity contribution < 1.29 is 19.1 Å². The zero-order chi connectivity index (χ0) is 15.8. The molecule has 0 aliphatic heterocycles. The van der Waals surface area contributed by atoms with Crippen LogP contribution in [-0.4, -0.2) is 32.5 Å². The molecule has 1 N–H and O–H groups in total. The van der Waals surface area contributed by atoms with E-state index < -0.39 is 0 Å². The van der Waals surface area contributed by atoms with E-state index in [2.05, 4.69) is 35.1 Å². The van der Waals surface area contributed by atoms with Gasteiger partial charge in [0, 0.05) is 12.1 Å². The lowest BCUT2D eigenvalue weighted by atomic mass is 10.1. The molecule has 1 amide bonds. The van der Waals surface area contributed by atoms with Gasteiger partial charge in [-0.2, -0.15) is 0 Å². The molecule has 1 aromatic rings. The Hall–Kier alpha value is -1.56. The van der Waals surface area contributed by atoms with Crippen molar-refractivity contribution in [3.8, 4) is 11.5 Å². The summed E-state index contributed by atoms with van der Waals surface area (Å²) in [5.74, 6) is 1.16. The molecule has 6 heteroatoms. The fourth-order valence-corrected chi connectivity index (χ4v) is 2.21. The smallest absolute Gasteiger partial charge is 0.257 e. The molecule has 0 atom stereocenters. The van der Waals surface area contributed by atoms with E-state index in [-0.39, 0.29) is 12.5 Å². The van der Waals surface area contributed by atoms with Gasteiger partial charge in [-0.05, 0) is 40.4 Å². The van der Waals surface area contributed by atoms with Gasteiger partial charge in [-0.15, -0.1) is 0 Å². The van der Waals surface area contributed by atoms with Crippen LogP contribution in [0.2, 0.25) is 0 Å². The van der Waals surface area contributed by atoms with Crippen LogP contribution in [0.15, 0.2) is 16.6 Å². The Balaban J connectivity index is 2.62. The number of halogens is 1. The Kier molecular flexibility index (Phi) is 7.22. The molecule has 1 rings (SSSR count). The minimum absolute atomic E-state index is 0.104. The molecular formula is C15H20BrNO4. The van der Waals surface area contributed by atoms with E-state index in [4.69, 9.17) is 9.47 Å². The Morgan fingerprint density at radius 3 is 2.71 bits per heavy atom. The highest BCUT2D eigenvalue weighted by atomic mass is 79.9. The number of ether oxygens (including phenoxy) is 2. The van der Waals surface area contributed by atoms with Crippen LogP contribution >= 0.6 is 15.9 Å². The highest BCUT2D eigenvalue weighted by Crippen LogP contribution is 2.36. The van der Waals surface area contributed by atoms with E-state index in [1.165, 1.54) is 7.11 Å². The molecule has 0 aromatic heterocycles. The molecule has 0 fully saturated rings. The van der Waals surface area contributed by atoms with Crippen molar-refractivity contribution in [3.05, 3.63) is 22.2 Å². The number of aldehydes is 1. The first kappa shape index (κ1) is 17.5. The van der Waals surface area contributed by atoms with Crippen LogP contribution < -0.4 is 14.8 Å². The maximum absolute atomic E-state index is 11.7. The average Bonchev–Trinajstić information content (AvgIpc) is 2.44.